The Morgan fingerprint density at radius 3 is 3.08 bits per heavy atom. The molecule has 0 spiro atoms. The molecule has 0 amide bonds. The van der Waals surface area contributed by atoms with E-state index in [1.54, 1.807) is 0 Å². The lowest BCUT2D eigenvalue weighted by molar-refractivity contribution is 1.26. The minimum Gasteiger partial charge on any atom is -0.0725 e. The van der Waals surface area contributed by atoms with Crippen molar-refractivity contribution < 1.29 is 0 Å². The predicted molar refractivity (Wildman–Crippen MR) is 56.3 cm³/mol. The molecule has 13 heavy (non-hydrogen) atoms. The Hall–Kier alpha value is -1.21. The fraction of sp³-hybridized carbons (Fsp3) is 0.0833. The number of rotatable bonds is 0. The van der Waals surface area contributed by atoms with E-state index in [0.717, 1.165) is 6.42 Å². The molecule has 0 unspecified atom stereocenters. The summed E-state index contributed by atoms with van der Waals surface area (Å²) in [6.07, 6.45) is 1.08. The molecule has 0 fully saturated rings. The lowest BCUT2D eigenvalue weighted by atomic mass is 10.1. The molecule has 0 bridgehead atoms. The van der Waals surface area contributed by atoms with Crippen LogP contribution in [0.4, 0.5) is 0 Å². The topological polar surface area (TPSA) is 0 Å². The van der Waals surface area contributed by atoms with E-state index in [1.807, 2.05) is 0 Å². The highest BCUT2D eigenvalue weighted by Gasteiger charge is 2.15. The van der Waals surface area contributed by atoms with Gasteiger partial charge in [0.05, 0.1) is 0 Å². The minimum atomic E-state index is 0.354. The summed E-state index contributed by atoms with van der Waals surface area (Å²) in [4.78, 5) is 0. The summed E-state index contributed by atoms with van der Waals surface area (Å²) in [5, 5.41) is 0. The first kappa shape index (κ1) is 7.22. The Labute approximate surface area is 80.0 Å². The van der Waals surface area contributed by atoms with Gasteiger partial charge in [0.1, 0.15) is 0 Å². The van der Waals surface area contributed by atoms with Crippen molar-refractivity contribution in [1.82, 2.24) is 0 Å². The van der Waals surface area contributed by atoms with Crippen molar-refractivity contribution in [2.45, 2.75) is 6.42 Å². The lowest BCUT2D eigenvalue weighted by Gasteiger charge is -1.97. The maximum Gasteiger partial charge on any atom is 0.0214 e. The van der Waals surface area contributed by atoms with E-state index in [0.29, 0.717) is 9.12 Å². The van der Waals surface area contributed by atoms with Crippen LogP contribution in [0.1, 0.15) is 11.1 Å². The van der Waals surface area contributed by atoms with Crippen LogP contribution in [-0.2, 0) is 6.42 Å². The quantitative estimate of drug-likeness (QED) is 0.466. The average Bonchev–Trinajstić information content (AvgIpc) is 2.56. The summed E-state index contributed by atoms with van der Waals surface area (Å²) in [5.41, 5.74) is 10.3. The van der Waals surface area contributed by atoms with Gasteiger partial charge >= 0.3 is 0 Å². The van der Waals surface area contributed by atoms with E-state index >= 15 is 0 Å². The molecule has 3 rings (SSSR count). The van der Waals surface area contributed by atoms with E-state index in [9.17, 15) is 0 Å². The third-order valence-corrected chi connectivity index (χ3v) is 3.50. The Morgan fingerprint density at radius 2 is 2.08 bits per heavy atom. The monoisotopic (exact) mass is 181 g/mol. The lowest BCUT2D eigenvalue weighted by Crippen LogP contribution is -1.80. The molecule has 1 aliphatic rings. The molecule has 1 heteroatoms. The molecule has 61 valence electrons. The van der Waals surface area contributed by atoms with Crippen molar-refractivity contribution in [3.8, 4) is 11.1 Å². The van der Waals surface area contributed by atoms with Crippen LogP contribution in [0.25, 0.3) is 11.1 Å². The first-order valence-electron chi connectivity index (χ1n) is 4.53. The van der Waals surface area contributed by atoms with Crippen LogP contribution in [-0.4, -0.2) is 9.12 Å². The maximum absolute atomic E-state index is 3.39. The highest BCUT2D eigenvalue weighted by atomic mass is 28.2. The molecule has 0 nitrogen and oxygen atoms in total. The van der Waals surface area contributed by atoms with Crippen molar-refractivity contribution in [3.63, 3.8) is 0 Å². The van der Waals surface area contributed by atoms with E-state index in [1.165, 1.54) is 22.3 Å². The Balaban J connectivity index is 2.32. The minimum absolute atomic E-state index is 0.354. The van der Waals surface area contributed by atoms with E-state index in [2.05, 4.69) is 41.7 Å². The highest BCUT2D eigenvalue weighted by Crippen LogP contribution is 2.34. The molecule has 1 radical (unpaired) electrons. The highest BCUT2D eigenvalue weighted by molar-refractivity contribution is 6.28. The number of hydrogen-bond acceptors (Lipinski definition) is 0. The second-order valence-electron chi connectivity index (χ2n) is 3.40. The van der Waals surface area contributed by atoms with Gasteiger partial charge in [-0.2, -0.15) is 0 Å². The zero-order valence-electron chi connectivity index (χ0n) is 7.25. The van der Waals surface area contributed by atoms with Gasteiger partial charge < -0.3 is 0 Å². The molecule has 1 aromatic heterocycles. The SMILES string of the molecule is [c]1c[siH]cc2c1Cc1ccccc1-2. The Morgan fingerprint density at radius 1 is 1.15 bits per heavy atom. The molecular formula is C12H9Si. The molecule has 0 aliphatic heterocycles. The zero-order valence-corrected chi connectivity index (χ0v) is 8.40. The number of benzene rings is 1. The first-order chi connectivity index (χ1) is 6.45. The van der Waals surface area contributed by atoms with Gasteiger partial charge in [-0.3, -0.25) is 0 Å². The summed E-state index contributed by atoms with van der Waals surface area (Å²) >= 11 is 0. The van der Waals surface area contributed by atoms with E-state index < -0.39 is 0 Å². The normalized spacial score (nSPS) is 12.3. The summed E-state index contributed by atoms with van der Waals surface area (Å²) < 4.78 is 0. The van der Waals surface area contributed by atoms with Gasteiger partial charge in [0, 0.05) is 9.12 Å². The molecule has 0 atom stereocenters. The van der Waals surface area contributed by atoms with Gasteiger partial charge in [0.2, 0.25) is 0 Å². The van der Waals surface area contributed by atoms with Gasteiger partial charge in [0.15, 0.2) is 0 Å². The van der Waals surface area contributed by atoms with Crippen LogP contribution < -0.4 is 0 Å². The summed E-state index contributed by atoms with van der Waals surface area (Å²) in [6.45, 7) is 0. The van der Waals surface area contributed by atoms with Crippen molar-refractivity contribution in [3.05, 3.63) is 52.8 Å². The van der Waals surface area contributed by atoms with Crippen molar-refractivity contribution in [2.75, 3.05) is 0 Å². The fourth-order valence-electron chi connectivity index (χ4n) is 2.00. The van der Waals surface area contributed by atoms with Crippen molar-refractivity contribution >= 4 is 9.12 Å². The number of fused-ring (bicyclic) bond motifs is 3. The number of hydrogen-bond donors (Lipinski definition) is 0. The molecule has 1 heterocycles. The summed E-state index contributed by atoms with van der Waals surface area (Å²) in [5.74, 6) is 0. The average molecular weight is 181 g/mol. The second kappa shape index (κ2) is 2.64. The molecule has 1 aromatic carbocycles. The molecule has 0 saturated heterocycles. The molecule has 0 saturated carbocycles. The molecule has 0 N–H and O–H groups in total. The van der Waals surface area contributed by atoms with Crippen LogP contribution in [0.3, 0.4) is 0 Å². The Kier molecular flexibility index (Phi) is 1.46. The summed E-state index contributed by atoms with van der Waals surface area (Å²) in [6, 6.07) is 12.1. The zero-order chi connectivity index (χ0) is 8.67. The van der Waals surface area contributed by atoms with Gasteiger partial charge in [-0.05, 0) is 34.7 Å². The van der Waals surface area contributed by atoms with Crippen LogP contribution in [0.2, 0.25) is 0 Å². The van der Waals surface area contributed by atoms with E-state index in [-0.39, 0.29) is 0 Å². The van der Waals surface area contributed by atoms with Crippen LogP contribution in [0.5, 0.6) is 0 Å². The van der Waals surface area contributed by atoms with Crippen LogP contribution >= 0.6 is 0 Å². The van der Waals surface area contributed by atoms with Gasteiger partial charge in [-0.15, -0.1) is 0 Å². The second-order valence-corrected chi connectivity index (χ2v) is 4.45. The van der Waals surface area contributed by atoms with Gasteiger partial charge in [-0.25, -0.2) is 0 Å². The van der Waals surface area contributed by atoms with Gasteiger partial charge in [0.25, 0.3) is 0 Å². The van der Waals surface area contributed by atoms with E-state index in [4.69, 9.17) is 0 Å². The third kappa shape index (κ3) is 1.01. The summed E-state index contributed by atoms with van der Waals surface area (Å²) in [7, 11) is 0.354. The largest absolute Gasteiger partial charge is 0.0725 e. The Bertz CT molecular complexity index is 417. The first-order valence-corrected chi connectivity index (χ1v) is 5.86. The van der Waals surface area contributed by atoms with Crippen molar-refractivity contribution in [1.29, 1.82) is 0 Å². The predicted octanol–water partition coefficient (Wildman–Crippen LogP) is 2.13. The van der Waals surface area contributed by atoms with Gasteiger partial charge in [-0.1, -0.05) is 35.6 Å². The molecule has 2 aromatic rings. The fourth-order valence-corrected chi connectivity index (χ4v) is 2.96. The smallest absolute Gasteiger partial charge is 0.0214 e. The third-order valence-electron chi connectivity index (χ3n) is 2.62. The molecule has 1 aliphatic carbocycles. The van der Waals surface area contributed by atoms with Crippen LogP contribution in [0.15, 0.2) is 35.6 Å². The standard InChI is InChI=1S/C12H9Si/c1-2-4-11-9(3-1)7-10-5-6-13-8-12(10)11/h1-4,6,8,13H,7H2. The maximum atomic E-state index is 3.39. The molecular weight excluding hydrogens is 172 g/mol. The van der Waals surface area contributed by atoms with Crippen molar-refractivity contribution in [2.24, 2.45) is 0 Å². The van der Waals surface area contributed by atoms with Crippen LogP contribution in [0, 0.1) is 6.07 Å².